The number of para-hydroxylation sites is 2. The third-order valence-electron chi connectivity index (χ3n) is 4.51. The number of rotatable bonds is 4. The summed E-state index contributed by atoms with van der Waals surface area (Å²) in [6.07, 6.45) is 3.83. The Kier molecular flexibility index (Phi) is 5.58. The first-order chi connectivity index (χ1) is 12.5. The molecule has 1 heterocycles. The fraction of sp³-hybridized carbons (Fsp3) is 0.316. The average molecular weight is 373 g/mol. The van der Waals surface area contributed by atoms with E-state index in [1.54, 1.807) is 36.4 Å². The molecule has 6 nitrogen and oxygen atoms in total. The maximum Gasteiger partial charge on any atom is 0.255 e. The molecule has 1 saturated heterocycles. The number of nitrogen functional groups attached to an aromatic ring is 1. The van der Waals surface area contributed by atoms with E-state index in [1.807, 2.05) is 0 Å². The molecule has 0 unspecified atom stereocenters. The molecule has 0 aliphatic carbocycles. The first-order valence-corrected chi connectivity index (χ1v) is 10.2. The summed E-state index contributed by atoms with van der Waals surface area (Å²) in [5.41, 5.74) is 7.07. The zero-order chi connectivity index (χ0) is 18.6. The molecule has 1 amide bonds. The van der Waals surface area contributed by atoms with Crippen LogP contribution in [0.15, 0.2) is 53.4 Å². The van der Waals surface area contributed by atoms with Crippen LogP contribution in [0.4, 0.5) is 11.4 Å². The van der Waals surface area contributed by atoms with E-state index in [0.29, 0.717) is 24.5 Å². The Balaban J connectivity index is 1.83. The summed E-state index contributed by atoms with van der Waals surface area (Å²) in [5.74, 6) is -0.393. The highest BCUT2D eigenvalue weighted by atomic mass is 32.2. The predicted octanol–water partition coefficient (Wildman–Crippen LogP) is 3.09. The molecule has 0 spiro atoms. The maximum atomic E-state index is 12.9. The second-order valence-electron chi connectivity index (χ2n) is 6.39. The molecule has 1 fully saturated rings. The van der Waals surface area contributed by atoms with Crippen molar-refractivity contribution in [1.29, 1.82) is 0 Å². The lowest BCUT2D eigenvalue weighted by molar-refractivity contribution is 0.102. The van der Waals surface area contributed by atoms with Crippen molar-refractivity contribution in [2.24, 2.45) is 0 Å². The highest BCUT2D eigenvalue weighted by molar-refractivity contribution is 7.89. The molecule has 1 aliphatic heterocycles. The van der Waals surface area contributed by atoms with Gasteiger partial charge in [-0.25, -0.2) is 8.42 Å². The second-order valence-corrected chi connectivity index (χ2v) is 8.33. The van der Waals surface area contributed by atoms with Gasteiger partial charge in [0, 0.05) is 18.7 Å². The number of nitrogens with zero attached hydrogens (tertiary/aromatic N) is 1. The molecule has 0 saturated carbocycles. The molecule has 26 heavy (non-hydrogen) atoms. The minimum atomic E-state index is -3.59. The Morgan fingerprint density at radius 2 is 1.65 bits per heavy atom. The zero-order valence-electron chi connectivity index (χ0n) is 14.5. The second kappa shape index (κ2) is 7.88. The first-order valence-electron chi connectivity index (χ1n) is 8.74. The Labute approximate surface area is 154 Å². The minimum absolute atomic E-state index is 0.146. The van der Waals surface area contributed by atoms with Crippen LogP contribution in [0.1, 0.15) is 36.0 Å². The van der Waals surface area contributed by atoms with Gasteiger partial charge < -0.3 is 11.1 Å². The number of amides is 1. The van der Waals surface area contributed by atoms with Crippen LogP contribution >= 0.6 is 0 Å². The van der Waals surface area contributed by atoms with Gasteiger partial charge in [0.05, 0.1) is 16.3 Å². The van der Waals surface area contributed by atoms with Crippen LogP contribution < -0.4 is 11.1 Å². The molecule has 0 radical (unpaired) electrons. The van der Waals surface area contributed by atoms with Crippen LogP contribution in [-0.2, 0) is 10.0 Å². The summed E-state index contributed by atoms with van der Waals surface area (Å²) in [5, 5.41) is 2.72. The van der Waals surface area contributed by atoms with E-state index in [4.69, 9.17) is 5.73 Å². The van der Waals surface area contributed by atoms with Crippen LogP contribution in [0.2, 0.25) is 0 Å². The number of hydrogen-bond donors (Lipinski definition) is 2. The lowest BCUT2D eigenvalue weighted by atomic mass is 10.2. The molecule has 3 N–H and O–H groups in total. The number of hydrogen-bond acceptors (Lipinski definition) is 4. The Hall–Kier alpha value is -2.38. The third-order valence-corrected chi connectivity index (χ3v) is 6.40. The number of nitrogens with one attached hydrogen (secondary N) is 1. The molecule has 2 aromatic rings. The van der Waals surface area contributed by atoms with Gasteiger partial charge in [0.25, 0.3) is 5.91 Å². The lowest BCUT2D eigenvalue weighted by Gasteiger charge is -2.20. The van der Waals surface area contributed by atoms with Gasteiger partial charge in [0.2, 0.25) is 10.0 Å². The van der Waals surface area contributed by atoms with Gasteiger partial charge in [0.15, 0.2) is 0 Å². The summed E-state index contributed by atoms with van der Waals surface area (Å²) >= 11 is 0. The van der Waals surface area contributed by atoms with Gasteiger partial charge >= 0.3 is 0 Å². The summed E-state index contributed by atoms with van der Waals surface area (Å²) in [6.45, 7) is 1.05. The fourth-order valence-electron chi connectivity index (χ4n) is 3.03. The van der Waals surface area contributed by atoms with Crippen molar-refractivity contribution < 1.29 is 13.2 Å². The largest absolute Gasteiger partial charge is 0.397 e. The third kappa shape index (κ3) is 4.05. The number of carbonyl (C=O) groups excluding carboxylic acids is 1. The van der Waals surface area contributed by atoms with Crippen molar-refractivity contribution in [3.63, 3.8) is 0 Å². The molecule has 138 valence electrons. The monoisotopic (exact) mass is 373 g/mol. The van der Waals surface area contributed by atoms with Gasteiger partial charge in [-0.3, -0.25) is 4.79 Å². The summed E-state index contributed by atoms with van der Waals surface area (Å²) in [7, 11) is -3.59. The molecule has 3 rings (SSSR count). The fourth-order valence-corrected chi connectivity index (χ4v) is 4.60. The molecule has 7 heteroatoms. The van der Waals surface area contributed by atoms with E-state index in [0.717, 1.165) is 25.7 Å². The summed E-state index contributed by atoms with van der Waals surface area (Å²) < 4.78 is 27.3. The number of anilines is 2. The van der Waals surface area contributed by atoms with Gasteiger partial charge in [0.1, 0.15) is 0 Å². The van der Waals surface area contributed by atoms with Crippen LogP contribution in [0, 0.1) is 0 Å². The topological polar surface area (TPSA) is 92.5 Å². The number of carbonyl (C=O) groups is 1. The van der Waals surface area contributed by atoms with E-state index >= 15 is 0 Å². The van der Waals surface area contributed by atoms with Crippen LogP contribution in [0.25, 0.3) is 0 Å². The normalized spacial score (nSPS) is 16.0. The quantitative estimate of drug-likeness (QED) is 0.806. The average Bonchev–Trinajstić information content (AvgIpc) is 2.94. The molecule has 0 atom stereocenters. The van der Waals surface area contributed by atoms with E-state index in [-0.39, 0.29) is 10.5 Å². The summed E-state index contributed by atoms with van der Waals surface area (Å²) in [6, 6.07) is 13.1. The molecule has 0 bridgehead atoms. The maximum absolute atomic E-state index is 12.9. The Morgan fingerprint density at radius 1 is 0.962 bits per heavy atom. The van der Waals surface area contributed by atoms with E-state index in [2.05, 4.69) is 5.32 Å². The molecular weight excluding hydrogens is 350 g/mol. The molecule has 1 aliphatic rings. The van der Waals surface area contributed by atoms with Gasteiger partial charge in [-0.1, -0.05) is 31.0 Å². The van der Waals surface area contributed by atoms with Gasteiger partial charge in [-0.2, -0.15) is 4.31 Å². The molecular formula is C19H23N3O3S. The van der Waals surface area contributed by atoms with Crippen LogP contribution in [0.5, 0.6) is 0 Å². The Bertz CT molecular complexity index is 888. The van der Waals surface area contributed by atoms with Crippen LogP contribution in [-0.4, -0.2) is 31.7 Å². The SMILES string of the molecule is Nc1ccccc1NC(=O)c1cccc(S(=O)(=O)N2CCCCCC2)c1. The summed E-state index contributed by atoms with van der Waals surface area (Å²) in [4.78, 5) is 12.6. The van der Waals surface area contributed by atoms with Crippen molar-refractivity contribution in [2.45, 2.75) is 30.6 Å². The Morgan fingerprint density at radius 3 is 2.35 bits per heavy atom. The molecule has 0 aromatic heterocycles. The van der Waals surface area contributed by atoms with Gasteiger partial charge in [-0.05, 0) is 43.2 Å². The predicted molar refractivity (Wildman–Crippen MR) is 102 cm³/mol. The molecule has 2 aromatic carbocycles. The lowest BCUT2D eigenvalue weighted by Crippen LogP contribution is -2.32. The van der Waals surface area contributed by atoms with Crippen molar-refractivity contribution in [3.8, 4) is 0 Å². The number of nitrogens with two attached hydrogens (primary N) is 1. The number of benzene rings is 2. The van der Waals surface area contributed by atoms with E-state index in [1.165, 1.54) is 16.4 Å². The highest BCUT2D eigenvalue weighted by Crippen LogP contribution is 2.22. The van der Waals surface area contributed by atoms with E-state index < -0.39 is 15.9 Å². The highest BCUT2D eigenvalue weighted by Gasteiger charge is 2.25. The van der Waals surface area contributed by atoms with Crippen molar-refractivity contribution in [2.75, 3.05) is 24.1 Å². The van der Waals surface area contributed by atoms with Crippen molar-refractivity contribution in [3.05, 3.63) is 54.1 Å². The zero-order valence-corrected chi connectivity index (χ0v) is 15.3. The smallest absolute Gasteiger partial charge is 0.255 e. The van der Waals surface area contributed by atoms with Crippen molar-refractivity contribution >= 4 is 27.3 Å². The van der Waals surface area contributed by atoms with E-state index in [9.17, 15) is 13.2 Å². The van der Waals surface area contributed by atoms with Crippen molar-refractivity contribution in [1.82, 2.24) is 4.31 Å². The first kappa shape index (κ1) is 18.4. The number of sulfonamides is 1. The van der Waals surface area contributed by atoms with Crippen LogP contribution in [0.3, 0.4) is 0 Å². The van der Waals surface area contributed by atoms with Gasteiger partial charge in [-0.15, -0.1) is 0 Å². The standard InChI is InChI=1S/C19H23N3O3S/c20-17-10-3-4-11-18(17)21-19(23)15-8-7-9-16(14-15)26(24,25)22-12-5-1-2-6-13-22/h3-4,7-11,14H,1-2,5-6,12-13,20H2,(H,21,23). The minimum Gasteiger partial charge on any atom is -0.397 e.